The number of rotatable bonds is 3. The summed E-state index contributed by atoms with van der Waals surface area (Å²) in [5.74, 6) is 0.528. The van der Waals surface area contributed by atoms with Crippen LogP contribution in [0.4, 0.5) is 0 Å². The van der Waals surface area contributed by atoms with Gasteiger partial charge >= 0.3 is 0 Å². The number of nitrogens with two attached hydrogens (primary N) is 1. The van der Waals surface area contributed by atoms with Crippen molar-refractivity contribution in [3.8, 4) is 0 Å². The second-order valence-corrected chi connectivity index (χ2v) is 4.31. The summed E-state index contributed by atoms with van der Waals surface area (Å²) in [7, 11) is 0. The fraction of sp³-hybridized carbons (Fsp3) is 1.00. The summed E-state index contributed by atoms with van der Waals surface area (Å²) in [6.07, 6.45) is 2.28. The predicted molar refractivity (Wildman–Crippen MR) is 54.5 cm³/mol. The second kappa shape index (κ2) is 4.94. The molecule has 1 aliphatic rings. The minimum absolute atomic E-state index is 0.00527. The standard InChI is InChI=1S/C10H22N2O/c1-8(2)12-5-3-9(4-6-12)10(11)7-13/h8-10,13H,3-7,11H2,1-2H3. The monoisotopic (exact) mass is 186 g/mol. The number of aliphatic hydroxyl groups excluding tert-OH is 1. The van der Waals surface area contributed by atoms with Crippen LogP contribution >= 0.6 is 0 Å². The Kier molecular flexibility index (Phi) is 4.16. The largest absolute Gasteiger partial charge is 0.395 e. The maximum atomic E-state index is 8.92. The molecule has 13 heavy (non-hydrogen) atoms. The molecule has 0 saturated carbocycles. The lowest BCUT2D eigenvalue weighted by Gasteiger charge is -2.36. The SMILES string of the molecule is CC(C)N1CCC(C(N)CO)CC1. The average Bonchev–Trinajstić information content (AvgIpc) is 2.17. The maximum Gasteiger partial charge on any atom is 0.0585 e. The summed E-state index contributed by atoms with van der Waals surface area (Å²) in [5, 5.41) is 8.92. The highest BCUT2D eigenvalue weighted by Gasteiger charge is 2.24. The maximum absolute atomic E-state index is 8.92. The van der Waals surface area contributed by atoms with Crippen molar-refractivity contribution in [3.63, 3.8) is 0 Å². The van der Waals surface area contributed by atoms with Gasteiger partial charge in [-0.15, -0.1) is 0 Å². The molecular formula is C10H22N2O. The van der Waals surface area contributed by atoms with E-state index in [-0.39, 0.29) is 12.6 Å². The fourth-order valence-corrected chi connectivity index (χ4v) is 2.01. The van der Waals surface area contributed by atoms with Crippen LogP contribution in [0, 0.1) is 5.92 Å². The Hall–Kier alpha value is -0.120. The van der Waals surface area contributed by atoms with E-state index in [1.54, 1.807) is 0 Å². The predicted octanol–water partition coefficient (Wildman–Crippen LogP) is 0.426. The first-order valence-corrected chi connectivity index (χ1v) is 5.25. The molecule has 1 atom stereocenters. The lowest BCUT2D eigenvalue weighted by Crippen LogP contribution is -2.44. The van der Waals surface area contributed by atoms with Gasteiger partial charge in [0.05, 0.1) is 6.61 Å². The zero-order chi connectivity index (χ0) is 9.84. The zero-order valence-electron chi connectivity index (χ0n) is 8.74. The van der Waals surface area contributed by atoms with Crippen LogP contribution in [0.15, 0.2) is 0 Å². The molecule has 0 aromatic heterocycles. The first-order valence-electron chi connectivity index (χ1n) is 5.25. The molecule has 1 heterocycles. The molecule has 0 aromatic rings. The van der Waals surface area contributed by atoms with Gasteiger partial charge < -0.3 is 15.7 Å². The molecule has 3 nitrogen and oxygen atoms in total. The topological polar surface area (TPSA) is 49.5 Å². The highest BCUT2D eigenvalue weighted by molar-refractivity contribution is 4.80. The number of hydrogen-bond acceptors (Lipinski definition) is 3. The molecule has 0 aliphatic carbocycles. The number of aliphatic hydroxyl groups is 1. The molecule has 0 bridgehead atoms. The van der Waals surface area contributed by atoms with E-state index >= 15 is 0 Å². The third-order valence-electron chi connectivity index (χ3n) is 3.12. The second-order valence-electron chi connectivity index (χ2n) is 4.31. The van der Waals surface area contributed by atoms with Crippen molar-refractivity contribution < 1.29 is 5.11 Å². The number of piperidine rings is 1. The summed E-state index contributed by atoms with van der Waals surface area (Å²) in [6, 6.07) is 0.639. The Bertz CT molecular complexity index is 142. The summed E-state index contributed by atoms with van der Waals surface area (Å²) in [6.45, 7) is 6.86. The molecule has 1 rings (SSSR count). The first-order chi connectivity index (χ1) is 6.15. The van der Waals surface area contributed by atoms with Gasteiger partial charge in [-0.2, -0.15) is 0 Å². The zero-order valence-corrected chi connectivity index (χ0v) is 8.74. The van der Waals surface area contributed by atoms with E-state index < -0.39 is 0 Å². The average molecular weight is 186 g/mol. The van der Waals surface area contributed by atoms with Crippen molar-refractivity contribution >= 4 is 0 Å². The molecule has 0 spiro atoms. The minimum atomic E-state index is -0.00527. The Morgan fingerprint density at radius 1 is 1.38 bits per heavy atom. The molecular weight excluding hydrogens is 164 g/mol. The smallest absolute Gasteiger partial charge is 0.0585 e. The van der Waals surface area contributed by atoms with Gasteiger partial charge in [0.2, 0.25) is 0 Å². The van der Waals surface area contributed by atoms with Crippen LogP contribution in [0.1, 0.15) is 26.7 Å². The Labute approximate surface area is 80.9 Å². The van der Waals surface area contributed by atoms with Crippen LogP contribution < -0.4 is 5.73 Å². The highest BCUT2D eigenvalue weighted by Crippen LogP contribution is 2.20. The van der Waals surface area contributed by atoms with Crippen LogP contribution in [0.3, 0.4) is 0 Å². The first kappa shape index (κ1) is 11.0. The molecule has 0 aromatic carbocycles. The van der Waals surface area contributed by atoms with E-state index in [0.29, 0.717) is 12.0 Å². The molecule has 0 amide bonds. The van der Waals surface area contributed by atoms with Crippen LogP contribution in [0.2, 0.25) is 0 Å². The van der Waals surface area contributed by atoms with Gasteiger partial charge in [0, 0.05) is 12.1 Å². The lowest BCUT2D eigenvalue weighted by atomic mass is 9.90. The quantitative estimate of drug-likeness (QED) is 0.672. The van der Waals surface area contributed by atoms with E-state index in [1.807, 2.05) is 0 Å². The lowest BCUT2D eigenvalue weighted by molar-refractivity contribution is 0.119. The van der Waals surface area contributed by atoms with E-state index in [4.69, 9.17) is 10.8 Å². The number of nitrogens with zero attached hydrogens (tertiary/aromatic N) is 1. The van der Waals surface area contributed by atoms with Gasteiger partial charge in [-0.25, -0.2) is 0 Å². The summed E-state index contributed by atoms with van der Waals surface area (Å²) in [4.78, 5) is 2.47. The Morgan fingerprint density at radius 2 is 1.92 bits per heavy atom. The van der Waals surface area contributed by atoms with Crippen molar-refractivity contribution in [2.45, 2.75) is 38.8 Å². The fourth-order valence-electron chi connectivity index (χ4n) is 2.01. The molecule has 1 unspecified atom stereocenters. The van der Waals surface area contributed by atoms with Gasteiger partial charge in [0.15, 0.2) is 0 Å². The van der Waals surface area contributed by atoms with Gasteiger partial charge in [-0.1, -0.05) is 0 Å². The minimum Gasteiger partial charge on any atom is -0.395 e. The van der Waals surface area contributed by atoms with Crippen molar-refractivity contribution in [2.75, 3.05) is 19.7 Å². The Morgan fingerprint density at radius 3 is 2.31 bits per heavy atom. The Balaban J connectivity index is 2.30. The molecule has 78 valence electrons. The third-order valence-corrected chi connectivity index (χ3v) is 3.12. The summed E-state index contributed by atoms with van der Waals surface area (Å²) in [5.41, 5.74) is 5.80. The van der Waals surface area contributed by atoms with Crippen LogP contribution in [0.5, 0.6) is 0 Å². The van der Waals surface area contributed by atoms with Crippen molar-refractivity contribution in [1.82, 2.24) is 4.90 Å². The highest BCUT2D eigenvalue weighted by atomic mass is 16.3. The van der Waals surface area contributed by atoms with Crippen molar-refractivity contribution in [1.29, 1.82) is 0 Å². The van der Waals surface area contributed by atoms with E-state index in [0.717, 1.165) is 25.9 Å². The summed E-state index contributed by atoms with van der Waals surface area (Å²) < 4.78 is 0. The van der Waals surface area contributed by atoms with Gasteiger partial charge in [-0.3, -0.25) is 0 Å². The van der Waals surface area contributed by atoms with Crippen molar-refractivity contribution in [3.05, 3.63) is 0 Å². The molecule has 3 heteroatoms. The molecule has 0 radical (unpaired) electrons. The van der Waals surface area contributed by atoms with Crippen LogP contribution in [-0.2, 0) is 0 Å². The molecule has 1 fully saturated rings. The van der Waals surface area contributed by atoms with E-state index in [2.05, 4.69) is 18.7 Å². The summed E-state index contributed by atoms with van der Waals surface area (Å²) >= 11 is 0. The third kappa shape index (κ3) is 2.93. The van der Waals surface area contributed by atoms with Crippen molar-refractivity contribution in [2.24, 2.45) is 11.7 Å². The molecule has 1 aliphatic heterocycles. The van der Waals surface area contributed by atoms with Crippen LogP contribution in [0.25, 0.3) is 0 Å². The van der Waals surface area contributed by atoms with Gasteiger partial charge in [0.25, 0.3) is 0 Å². The molecule has 1 saturated heterocycles. The normalized spacial score (nSPS) is 23.8. The number of likely N-dealkylation sites (tertiary alicyclic amines) is 1. The van der Waals surface area contributed by atoms with Gasteiger partial charge in [-0.05, 0) is 45.7 Å². The molecule has 3 N–H and O–H groups in total. The van der Waals surface area contributed by atoms with E-state index in [1.165, 1.54) is 0 Å². The van der Waals surface area contributed by atoms with Gasteiger partial charge in [0.1, 0.15) is 0 Å². The van der Waals surface area contributed by atoms with Crippen LogP contribution in [-0.4, -0.2) is 41.8 Å². The number of hydrogen-bond donors (Lipinski definition) is 2. The van der Waals surface area contributed by atoms with E-state index in [9.17, 15) is 0 Å².